The van der Waals surface area contributed by atoms with Gasteiger partial charge < -0.3 is 14.8 Å². The topological polar surface area (TPSA) is 62.3 Å². The summed E-state index contributed by atoms with van der Waals surface area (Å²) in [6, 6.07) is 11.5. The molecule has 4 nitrogen and oxygen atoms in total. The third kappa shape index (κ3) is 3.56. The van der Waals surface area contributed by atoms with Crippen LogP contribution in [0.4, 0.5) is 0 Å². The number of carboxylic acids is 1. The van der Waals surface area contributed by atoms with E-state index in [1.54, 1.807) is 6.07 Å². The van der Waals surface area contributed by atoms with Gasteiger partial charge in [0.2, 0.25) is 0 Å². The molecule has 2 N–H and O–H groups in total. The van der Waals surface area contributed by atoms with Crippen molar-refractivity contribution in [1.82, 2.24) is 4.98 Å². The number of hydrogen-bond acceptors (Lipinski definition) is 2. The summed E-state index contributed by atoms with van der Waals surface area (Å²) in [5.74, 6) is 0.168. The monoisotopic (exact) mass is 371 g/mol. The van der Waals surface area contributed by atoms with Crippen molar-refractivity contribution in [2.75, 3.05) is 6.61 Å². The van der Waals surface area contributed by atoms with Gasteiger partial charge in [0.05, 0.1) is 18.7 Å². The second-order valence-electron chi connectivity index (χ2n) is 6.58. The third-order valence-electron chi connectivity index (χ3n) is 4.44. The lowest BCUT2D eigenvalue weighted by Crippen LogP contribution is -2.02. The Morgan fingerprint density at radius 2 is 2.00 bits per heavy atom. The number of carboxylic acid groups (broad SMARTS) is 1. The summed E-state index contributed by atoms with van der Waals surface area (Å²) in [6.07, 6.45) is -0.0744. The summed E-state index contributed by atoms with van der Waals surface area (Å²) < 4.78 is 5.74. The maximum atomic E-state index is 11.5. The largest absolute Gasteiger partial charge is 0.493 e. The Kier molecular flexibility index (Phi) is 5.23. The molecule has 0 radical (unpaired) electrons. The second kappa shape index (κ2) is 7.42. The van der Waals surface area contributed by atoms with Crippen molar-refractivity contribution < 1.29 is 14.6 Å². The molecule has 1 aromatic heterocycles. The highest BCUT2D eigenvalue weighted by atomic mass is 35.5. The van der Waals surface area contributed by atoms with E-state index >= 15 is 0 Å². The number of hydrogen-bond donors (Lipinski definition) is 2. The van der Waals surface area contributed by atoms with Gasteiger partial charge in [-0.2, -0.15) is 0 Å². The molecule has 2 aromatic carbocycles. The standard InChI is InChI=1S/C21H22ClNO3/c1-4-26-19-8-6-14(22)10-17(19)21-16(11-20(24)25)15-9-13(12(2)3)5-7-18(15)23-21/h5-10,12,23H,4,11H2,1-3H3,(H,24,25). The van der Waals surface area contributed by atoms with Gasteiger partial charge in [0.1, 0.15) is 5.75 Å². The molecule has 3 aromatic rings. The van der Waals surface area contributed by atoms with Gasteiger partial charge in [-0.15, -0.1) is 0 Å². The summed E-state index contributed by atoms with van der Waals surface area (Å²) in [6.45, 7) is 6.67. The summed E-state index contributed by atoms with van der Waals surface area (Å²) in [5, 5.41) is 11.0. The van der Waals surface area contributed by atoms with E-state index in [0.717, 1.165) is 27.7 Å². The number of rotatable bonds is 6. The van der Waals surface area contributed by atoms with Crippen molar-refractivity contribution in [1.29, 1.82) is 0 Å². The summed E-state index contributed by atoms with van der Waals surface area (Å²) in [7, 11) is 0. The molecule has 0 bridgehead atoms. The first-order chi connectivity index (χ1) is 12.4. The molecule has 1 heterocycles. The fourth-order valence-electron chi connectivity index (χ4n) is 3.17. The lowest BCUT2D eigenvalue weighted by molar-refractivity contribution is -0.136. The zero-order valence-corrected chi connectivity index (χ0v) is 15.9. The van der Waals surface area contributed by atoms with E-state index < -0.39 is 5.97 Å². The zero-order chi connectivity index (χ0) is 18.8. The Morgan fingerprint density at radius 1 is 1.23 bits per heavy atom. The quantitative estimate of drug-likeness (QED) is 0.589. The van der Waals surface area contributed by atoms with Crippen molar-refractivity contribution in [3.8, 4) is 17.0 Å². The first-order valence-corrected chi connectivity index (χ1v) is 9.07. The third-order valence-corrected chi connectivity index (χ3v) is 4.67. The van der Waals surface area contributed by atoms with Crippen LogP contribution in [0, 0.1) is 0 Å². The van der Waals surface area contributed by atoms with Crippen molar-refractivity contribution in [2.45, 2.75) is 33.1 Å². The zero-order valence-electron chi connectivity index (χ0n) is 15.1. The number of nitrogens with one attached hydrogen (secondary N) is 1. The molecule has 0 saturated heterocycles. The van der Waals surface area contributed by atoms with Crippen LogP contribution in [0.2, 0.25) is 5.02 Å². The molecule has 0 fully saturated rings. The molecule has 0 saturated carbocycles. The molecule has 136 valence electrons. The van der Waals surface area contributed by atoms with Crippen molar-refractivity contribution in [2.24, 2.45) is 0 Å². The molecule has 3 rings (SSSR count). The smallest absolute Gasteiger partial charge is 0.307 e. The highest BCUT2D eigenvalue weighted by molar-refractivity contribution is 6.31. The second-order valence-corrected chi connectivity index (χ2v) is 7.02. The first-order valence-electron chi connectivity index (χ1n) is 8.69. The van der Waals surface area contributed by atoms with E-state index in [1.165, 1.54) is 5.56 Å². The van der Waals surface area contributed by atoms with Crippen molar-refractivity contribution >= 4 is 28.5 Å². The van der Waals surface area contributed by atoms with Crippen LogP contribution in [0.15, 0.2) is 36.4 Å². The van der Waals surface area contributed by atoms with Crippen LogP contribution < -0.4 is 4.74 Å². The van der Waals surface area contributed by atoms with Crippen LogP contribution in [-0.4, -0.2) is 22.7 Å². The number of H-pyrrole nitrogens is 1. The summed E-state index contributed by atoms with van der Waals surface area (Å²) in [5.41, 5.74) is 4.35. The predicted octanol–water partition coefficient (Wildman–Crippen LogP) is 5.64. The maximum absolute atomic E-state index is 11.5. The van der Waals surface area contributed by atoms with Gasteiger partial charge in [-0.25, -0.2) is 0 Å². The molecule has 0 amide bonds. The van der Waals surface area contributed by atoms with E-state index in [0.29, 0.717) is 23.3 Å². The molecule has 0 atom stereocenters. The lowest BCUT2D eigenvalue weighted by atomic mass is 9.97. The number of aromatic nitrogens is 1. The van der Waals surface area contributed by atoms with Gasteiger partial charge in [-0.05, 0) is 54.3 Å². The average molecular weight is 372 g/mol. The van der Waals surface area contributed by atoms with Crippen LogP contribution in [0.5, 0.6) is 5.75 Å². The van der Waals surface area contributed by atoms with Gasteiger partial charge >= 0.3 is 5.97 Å². The molecular weight excluding hydrogens is 350 g/mol. The molecule has 26 heavy (non-hydrogen) atoms. The number of halogens is 1. The number of aromatic amines is 1. The molecule has 0 aliphatic carbocycles. The van der Waals surface area contributed by atoms with E-state index in [9.17, 15) is 9.90 Å². The average Bonchev–Trinajstić information content (AvgIpc) is 2.93. The normalized spacial score (nSPS) is 11.3. The first kappa shape index (κ1) is 18.3. The van der Waals surface area contributed by atoms with Crippen LogP contribution in [0.3, 0.4) is 0 Å². The van der Waals surface area contributed by atoms with Gasteiger partial charge in [-0.1, -0.05) is 31.5 Å². The lowest BCUT2D eigenvalue weighted by Gasteiger charge is -2.11. The van der Waals surface area contributed by atoms with Gasteiger partial charge in [0, 0.05) is 21.5 Å². The highest BCUT2D eigenvalue weighted by Crippen LogP contribution is 2.38. The molecular formula is C21H22ClNO3. The van der Waals surface area contributed by atoms with Gasteiger partial charge in [0.15, 0.2) is 0 Å². The van der Waals surface area contributed by atoms with E-state index in [1.807, 2.05) is 25.1 Å². The summed E-state index contributed by atoms with van der Waals surface area (Å²) >= 11 is 6.20. The van der Waals surface area contributed by atoms with Gasteiger partial charge in [0.25, 0.3) is 0 Å². The van der Waals surface area contributed by atoms with Crippen LogP contribution in [0.1, 0.15) is 37.8 Å². The minimum Gasteiger partial charge on any atom is -0.493 e. The minimum atomic E-state index is -0.873. The summed E-state index contributed by atoms with van der Waals surface area (Å²) in [4.78, 5) is 14.9. The number of aliphatic carboxylic acids is 1. The number of fused-ring (bicyclic) bond motifs is 1. The van der Waals surface area contributed by atoms with Crippen LogP contribution in [-0.2, 0) is 11.2 Å². The van der Waals surface area contributed by atoms with E-state index in [4.69, 9.17) is 16.3 Å². The SMILES string of the molecule is CCOc1ccc(Cl)cc1-c1[nH]c2ccc(C(C)C)cc2c1CC(=O)O. The van der Waals surface area contributed by atoms with E-state index in [-0.39, 0.29) is 6.42 Å². The molecule has 0 aliphatic rings. The fraction of sp³-hybridized carbons (Fsp3) is 0.286. The number of ether oxygens (including phenoxy) is 1. The Bertz CT molecular complexity index is 959. The van der Waals surface area contributed by atoms with Gasteiger partial charge in [-0.3, -0.25) is 4.79 Å². The molecule has 0 unspecified atom stereocenters. The van der Waals surface area contributed by atoms with Crippen molar-refractivity contribution in [3.63, 3.8) is 0 Å². The van der Waals surface area contributed by atoms with Crippen molar-refractivity contribution in [3.05, 3.63) is 52.5 Å². The maximum Gasteiger partial charge on any atom is 0.307 e. The molecule has 0 aliphatic heterocycles. The Morgan fingerprint density at radius 3 is 2.65 bits per heavy atom. The minimum absolute atomic E-state index is 0.0744. The Balaban J connectivity index is 2.28. The van der Waals surface area contributed by atoms with Crippen LogP contribution >= 0.6 is 11.6 Å². The Labute approximate surface area is 157 Å². The fourth-order valence-corrected chi connectivity index (χ4v) is 3.34. The predicted molar refractivity (Wildman–Crippen MR) is 105 cm³/mol. The number of benzene rings is 2. The van der Waals surface area contributed by atoms with Crippen LogP contribution in [0.25, 0.3) is 22.2 Å². The molecule has 0 spiro atoms. The van der Waals surface area contributed by atoms with E-state index in [2.05, 4.69) is 31.0 Å². The Hall–Kier alpha value is -2.46. The molecule has 5 heteroatoms. The number of carbonyl (C=O) groups is 1. The highest BCUT2D eigenvalue weighted by Gasteiger charge is 2.19.